The Balaban J connectivity index is 2.08. The van der Waals surface area contributed by atoms with Crippen LogP contribution in [0.15, 0.2) is 12.4 Å². The number of hydrogen-bond donors (Lipinski definition) is 2. The van der Waals surface area contributed by atoms with Gasteiger partial charge in [-0.25, -0.2) is 15.8 Å². The van der Waals surface area contributed by atoms with Crippen LogP contribution in [0.1, 0.15) is 23.3 Å². The Labute approximate surface area is 113 Å². The molecule has 1 aromatic heterocycles. The van der Waals surface area contributed by atoms with E-state index in [-0.39, 0.29) is 24.5 Å². The van der Waals surface area contributed by atoms with Gasteiger partial charge in [0.2, 0.25) is 0 Å². The van der Waals surface area contributed by atoms with Gasteiger partial charge in [-0.1, -0.05) is 0 Å². The maximum atomic E-state index is 12.7. The van der Waals surface area contributed by atoms with E-state index in [0.29, 0.717) is 13.0 Å². The molecule has 0 saturated carbocycles. The zero-order valence-electron chi connectivity index (χ0n) is 10.5. The molecule has 1 saturated heterocycles. The molecule has 9 heteroatoms. The van der Waals surface area contributed by atoms with Crippen LogP contribution in [0, 0.1) is 5.92 Å². The van der Waals surface area contributed by atoms with Crippen LogP contribution in [-0.2, 0) is 0 Å². The van der Waals surface area contributed by atoms with Gasteiger partial charge in [0.15, 0.2) is 5.82 Å². The van der Waals surface area contributed by atoms with Crippen molar-refractivity contribution in [3.8, 4) is 0 Å². The Morgan fingerprint density at radius 2 is 2.15 bits per heavy atom. The van der Waals surface area contributed by atoms with E-state index in [1.165, 1.54) is 17.3 Å². The summed E-state index contributed by atoms with van der Waals surface area (Å²) < 4.78 is 38.1. The lowest BCUT2D eigenvalue weighted by Gasteiger charge is -2.33. The van der Waals surface area contributed by atoms with Crippen molar-refractivity contribution in [2.24, 2.45) is 11.8 Å². The highest BCUT2D eigenvalue weighted by atomic mass is 19.4. The Morgan fingerprint density at radius 3 is 2.70 bits per heavy atom. The van der Waals surface area contributed by atoms with Crippen molar-refractivity contribution in [3.05, 3.63) is 18.1 Å². The number of hydrogen-bond acceptors (Lipinski definition) is 5. The lowest BCUT2D eigenvalue weighted by Crippen LogP contribution is -2.44. The molecule has 2 rings (SSSR count). The number of likely N-dealkylation sites (tertiary alicyclic amines) is 1. The molecule has 1 aliphatic rings. The molecule has 1 amide bonds. The molecule has 3 N–H and O–H groups in total. The number of nitrogen functional groups attached to an aromatic ring is 1. The first-order valence-electron chi connectivity index (χ1n) is 6.06. The molecule has 0 aliphatic carbocycles. The van der Waals surface area contributed by atoms with Gasteiger partial charge in [-0.15, -0.1) is 0 Å². The lowest BCUT2D eigenvalue weighted by molar-refractivity contribution is -0.184. The van der Waals surface area contributed by atoms with Crippen molar-refractivity contribution < 1.29 is 18.0 Å². The van der Waals surface area contributed by atoms with Crippen LogP contribution in [0.25, 0.3) is 0 Å². The third kappa shape index (κ3) is 3.16. The van der Waals surface area contributed by atoms with E-state index in [1.807, 2.05) is 0 Å². The average Bonchev–Trinajstić information content (AvgIpc) is 2.46. The molecule has 1 aromatic rings. The number of carbonyl (C=O) groups excluding carboxylic acids is 1. The number of piperidine rings is 1. The van der Waals surface area contributed by atoms with Gasteiger partial charge in [-0.3, -0.25) is 4.79 Å². The number of nitrogens with zero attached hydrogens (tertiary/aromatic N) is 3. The number of rotatable bonds is 2. The molecule has 20 heavy (non-hydrogen) atoms. The standard InChI is InChI=1S/C11H14F3N5O/c12-11(13,14)7-2-1-3-19(6-7)10(20)8-4-17-9(18-15)5-16-8/h4-5,7H,1-3,6,15H2,(H,17,18). The van der Waals surface area contributed by atoms with Crippen LogP contribution >= 0.6 is 0 Å². The monoisotopic (exact) mass is 289 g/mol. The van der Waals surface area contributed by atoms with Gasteiger partial charge in [0.05, 0.1) is 18.3 Å². The summed E-state index contributed by atoms with van der Waals surface area (Å²) in [5, 5.41) is 0. The minimum absolute atomic E-state index is 0.00632. The SMILES string of the molecule is NNc1cnc(C(=O)N2CCCC(C(F)(F)F)C2)cn1. The fourth-order valence-electron chi connectivity index (χ4n) is 2.10. The van der Waals surface area contributed by atoms with Crippen LogP contribution in [0.4, 0.5) is 19.0 Å². The molecule has 1 fully saturated rings. The van der Waals surface area contributed by atoms with Crippen molar-refractivity contribution in [2.75, 3.05) is 18.5 Å². The van der Waals surface area contributed by atoms with Gasteiger partial charge in [-0.2, -0.15) is 13.2 Å². The molecule has 0 spiro atoms. The van der Waals surface area contributed by atoms with Crippen molar-refractivity contribution in [2.45, 2.75) is 19.0 Å². The number of hydrazine groups is 1. The molecular weight excluding hydrogens is 275 g/mol. The van der Waals surface area contributed by atoms with Crippen LogP contribution < -0.4 is 11.3 Å². The summed E-state index contributed by atoms with van der Waals surface area (Å²) in [6, 6.07) is 0. The number of halogens is 3. The van der Waals surface area contributed by atoms with E-state index in [9.17, 15) is 18.0 Å². The summed E-state index contributed by atoms with van der Waals surface area (Å²) in [6.45, 7) is -0.0368. The summed E-state index contributed by atoms with van der Waals surface area (Å²) in [5.41, 5.74) is 2.26. The first kappa shape index (κ1) is 14.5. The van der Waals surface area contributed by atoms with Crippen LogP contribution in [-0.4, -0.2) is 40.0 Å². The van der Waals surface area contributed by atoms with Crippen molar-refractivity contribution in [1.82, 2.24) is 14.9 Å². The zero-order chi connectivity index (χ0) is 14.8. The van der Waals surface area contributed by atoms with E-state index < -0.39 is 18.0 Å². The second-order valence-corrected chi connectivity index (χ2v) is 4.56. The van der Waals surface area contributed by atoms with Crippen LogP contribution in [0.2, 0.25) is 0 Å². The van der Waals surface area contributed by atoms with Gasteiger partial charge in [0.25, 0.3) is 5.91 Å². The minimum atomic E-state index is -4.28. The topological polar surface area (TPSA) is 84.1 Å². The fourth-order valence-corrected chi connectivity index (χ4v) is 2.10. The number of carbonyl (C=O) groups is 1. The molecule has 6 nitrogen and oxygen atoms in total. The Kier molecular flexibility index (Phi) is 4.07. The minimum Gasteiger partial charge on any atom is -0.337 e. The van der Waals surface area contributed by atoms with Crippen molar-refractivity contribution >= 4 is 11.7 Å². The van der Waals surface area contributed by atoms with Crippen molar-refractivity contribution in [1.29, 1.82) is 0 Å². The molecule has 0 aromatic carbocycles. The van der Waals surface area contributed by atoms with E-state index in [2.05, 4.69) is 15.4 Å². The Bertz CT molecular complexity index is 476. The molecule has 0 radical (unpaired) electrons. The molecule has 1 unspecified atom stereocenters. The summed E-state index contributed by atoms with van der Waals surface area (Å²) in [4.78, 5) is 20.9. The van der Waals surface area contributed by atoms with E-state index in [1.54, 1.807) is 0 Å². The number of nitrogens with two attached hydrogens (primary N) is 1. The molecule has 1 atom stereocenters. The van der Waals surface area contributed by atoms with Crippen molar-refractivity contribution in [3.63, 3.8) is 0 Å². The normalized spacial score (nSPS) is 19.8. The first-order valence-corrected chi connectivity index (χ1v) is 6.06. The van der Waals surface area contributed by atoms with E-state index >= 15 is 0 Å². The molecular formula is C11H14F3N5O. The third-order valence-corrected chi connectivity index (χ3v) is 3.19. The largest absolute Gasteiger partial charge is 0.393 e. The average molecular weight is 289 g/mol. The molecule has 110 valence electrons. The highest BCUT2D eigenvalue weighted by Crippen LogP contribution is 2.33. The lowest BCUT2D eigenvalue weighted by atomic mass is 9.97. The first-order chi connectivity index (χ1) is 9.41. The van der Waals surface area contributed by atoms with Gasteiger partial charge in [0, 0.05) is 13.1 Å². The molecule has 1 aliphatic heterocycles. The quantitative estimate of drug-likeness (QED) is 0.631. The van der Waals surface area contributed by atoms with Gasteiger partial charge in [-0.05, 0) is 12.8 Å². The number of alkyl halides is 3. The fraction of sp³-hybridized carbons (Fsp3) is 0.545. The number of anilines is 1. The van der Waals surface area contributed by atoms with Gasteiger partial charge < -0.3 is 10.3 Å². The van der Waals surface area contributed by atoms with Crippen LogP contribution in [0.5, 0.6) is 0 Å². The Hall–Kier alpha value is -1.90. The molecule has 2 heterocycles. The van der Waals surface area contributed by atoms with E-state index in [0.717, 1.165) is 0 Å². The van der Waals surface area contributed by atoms with Gasteiger partial charge >= 0.3 is 6.18 Å². The summed E-state index contributed by atoms with van der Waals surface area (Å²) in [6.07, 6.45) is -1.47. The zero-order valence-corrected chi connectivity index (χ0v) is 10.5. The highest BCUT2D eigenvalue weighted by Gasteiger charge is 2.42. The van der Waals surface area contributed by atoms with Gasteiger partial charge in [0.1, 0.15) is 5.69 Å². The highest BCUT2D eigenvalue weighted by molar-refractivity contribution is 5.92. The van der Waals surface area contributed by atoms with Crippen LogP contribution in [0.3, 0.4) is 0 Å². The summed E-state index contributed by atoms with van der Waals surface area (Å²) >= 11 is 0. The number of aromatic nitrogens is 2. The predicted octanol–water partition coefficient (Wildman–Crippen LogP) is 1.18. The number of nitrogens with one attached hydrogen (secondary N) is 1. The molecule has 0 bridgehead atoms. The third-order valence-electron chi connectivity index (χ3n) is 3.19. The smallest absolute Gasteiger partial charge is 0.337 e. The van der Waals surface area contributed by atoms with E-state index in [4.69, 9.17) is 5.84 Å². The second-order valence-electron chi connectivity index (χ2n) is 4.56. The maximum absolute atomic E-state index is 12.7. The number of amides is 1. The summed E-state index contributed by atoms with van der Waals surface area (Å²) in [5.74, 6) is 3.36. The Morgan fingerprint density at radius 1 is 1.40 bits per heavy atom. The predicted molar refractivity (Wildman–Crippen MR) is 64.5 cm³/mol. The maximum Gasteiger partial charge on any atom is 0.393 e. The summed E-state index contributed by atoms with van der Waals surface area (Å²) in [7, 11) is 0. The second kappa shape index (κ2) is 5.61.